The molecule has 1 aromatic heterocycles. The standard InChI is InChI=1S/C12H23N3OS/c1-9(2)10-14-11(17-15-10)13-8-12(3,4)6-7-16-5/h9H,6-8H2,1-5H3,(H,13,14,15). The van der Waals surface area contributed by atoms with Crippen molar-refractivity contribution in [2.45, 2.75) is 40.0 Å². The van der Waals surface area contributed by atoms with Gasteiger partial charge in [-0.15, -0.1) is 0 Å². The van der Waals surface area contributed by atoms with Crippen molar-refractivity contribution < 1.29 is 4.74 Å². The molecule has 0 aliphatic rings. The summed E-state index contributed by atoms with van der Waals surface area (Å²) in [4.78, 5) is 4.46. The molecule has 1 rings (SSSR count). The minimum absolute atomic E-state index is 0.208. The van der Waals surface area contributed by atoms with Crippen molar-refractivity contribution in [2.75, 3.05) is 25.6 Å². The number of aromatic nitrogens is 2. The molecule has 0 atom stereocenters. The first-order valence-electron chi connectivity index (χ1n) is 6.01. The van der Waals surface area contributed by atoms with E-state index in [1.807, 2.05) is 0 Å². The fourth-order valence-electron chi connectivity index (χ4n) is 1.32. The summed E-state index contributed by atoms with van der Waals surface area (Å²) in [5.74, 6) is 1.32. The molecule has 0 bridgehead atoms. The van der Waals surface area contributed by atoms with Gasteiger partial charge in [-0.3, -0.25) is 0 Å². The molecule has 4 nitrogen and oxygen atoms in total. The summed E-state index contributed by atoms with van der Waals surface area (Å²) in [7, 11) is 1.74. The zero-order valence-corrected chi connectivity index (χ0v) is 12.2. The molecule has 0 saturated heterocycles. The lowest BCUT2D eigenvalue weighted by molar-refractivity contribution is 0.157. The fraction of sp³-hybridized carbons (Fsp3) is 0.833. The summed E-state index contributed by atoms with van der Waals surface area (Å²) in [5.41, 5.74) is 0.208. The highest BCUT2D eigenvalue weighted by molar-refractivity contribution is 7.09. The van der Waals surface area contributed by atoms with E-state index in [0.29, 0.717) is 5.92 Å². The maximum atomic E-state index is 5.11. The third kappa shape index (κ3) is 5.00. The molecule has 0 aliphatic carbocycles. The minimum Gasteiger partial charge on any atom is -0.385 e. The van der Waals surface area contributed by atoms with E-state index in [4.69, 9.17) is 4.74 Å². The van der Waals surface area contributed by atoms with Crippen molar-refractivity contribution >= 4 is 16.7 Å². The van der Waals surface area contributed by atoms with Gasteiger partial charge in [0.05, 0.1) is 0 Å². The van der Waals surface area contributed by atoms with Crippen LogP contribution in [0, 0.1) is 5.41 Å². The molecule has 0 aliphatic heterocycles. The second kappa shape index (κ2) is 6.31. The maximum Gasteiger partial charge on any atom is 0.202 e. The number of nitrogens with one attached hydrogen (secondary N) is 1. The lowest BCUT2D eigenvalue weighted by Crippen LogP contribution is -2.24. The number of methoxy groups -OCH3 is 1. The molecule has 17 heavy (non-hydrogen) atoms. The fourth-order valence-corrected chi connectivity index (χ4v) is 2.03. The van der Waals surface area contributed by atoms with Gasteiger partial charge in [0.15, 0.2) is 0 Å². The van der Waals surface area contributed by atoms with Crippen LogP contribution in [0.1, 0.15) is 45.9 Å². The van der Waals surface area contributed by atoms with Crippen molar-refractivity contribution in [3.8, 4) is 0 Å². The molecule has 1 N–H and O–H groups in total. The largest absolute Gasteiger partial charge is 0.385 e. The summed E-state index contributed by atoms with van der Waals surface area (Å²) in [6.07, 6.45) is 1.03. The lowest BCUT2D eigenvalue weighted by atomic mass is 9.90. The molecule has 0 aromatic carbocycles. The van der Waals surface area contributed by atoms with E-state index in [1.54, 1.807) is 7.11 Å². The average Bonchev–Trinajstić information content (AvgIpc) is 2.73. The first-order valence-corrected chi connectivity index (χ1v) is 6.78. The van der Waals surface area contributed by atoms with Crippen LogP contribution in [0.25, 0.3) is 0 Å². The molecule has 0 spiro atoms. The number of anilines is 1. The molecule has 5 heteroatoms. The quantitative estimate of drug-likeness (QED) is 0.815. The molecule has 0 saturated carbocycles. The van der Waals surface area contributed by atoms with Crippen LogP contribution in [0.15, 0.2) is 0 Å². The van der Waals surface area contributed by atoms with E-state index in [-0.39, 0.29) is 5.41 Å². The van der Waals surface area contributed by atoms with Gasteiger partial charge in [0.2, 0.25) is 5.13 Å². The van der Waals surface area contributed by atoms with Crippen molar-refractivity contribution in [3.63, 3.8) is 0 Å². The van der Waals surface area contributed by atoms with E-state index in [1.165, 1.54) is 11.5 Å². The predicted octanol–water partition coefficient (Wildman–Crippen LogP) is 3.14. The van der Waals surface area contributed by atoms with Crippen LogP contribution in [-0.4, -0.2) is 29.6 Å². The number of hydrogen-bond donors (Lipinski definition) is 1. The van der Waals surface area contributed by atoms with E-state index >= 15 is 0 Å². The van der Waals surface area contributed by atoms with Crippen molar-refractivity contribution in [1.29, 1.82) is 0 Å². The number of nitrogens with zero attached hydrogens (tertiary/aromatic N) is 2. The number of ether oxygens (including phenoxy) is 1. The van der Waals surface area contributed by atoms with E-state index in [2.05, 4.69) is 42.4 Å². The van der Waals surface area contributed by atoms with Gasteiger partial charge in [0, 0.05) is 37.7 Å². The summed E-state index contributed by atoms with van der Waals surface area (Å²) in [6, 6.07) is 0. The molecule has 98 valence electrons. The molecule has 0 fully saturated rings. The number of hydrogen-bond acceptors (Lipinski definition) is 5. The Balaban J connectivity index is 2.43. The molecular weight excluding hydrogens is 234 g/mol. The monoisotopic (exact) mass is 257 g/mol. The molecule has 1 aromatic rings. The number of rotatable bonds is 7. The second-order valence-electron chi connectivity index (χ2n) is 5.37. The highest BCUT2D eigenvalue weighted by Crippen LogP contribution is 2.23. The third-order valence-corrected chi connectivity index (χ3v) is 3.35. The zero-order valence-electron chi connectivity index (χ0n) is 11.4. The van der Waals surface area contributed by atoms with Gasteiger partial charge in [0.1, 0.15) is 5.82 Å². The Hall–Kier alpha value is -0.680. The highest BCUT2D eigenvalue weighted by Gasteiger charge is 2.18. The maximum absolute atomic E-state index is 5.11. The van der Waals surface area contributed by atoms with Crippen molar-refractivity contribution in [2.24, 2.45) is 5.41 Å². The Morgan fingerprint density at radius 1 is 1.41 bits per heavy atom. The van der Waals surface area contributed by atoms with Crippen LogP contribution in [0.5, 0.6) is 0 Å². The van der Waals surface area contributed by atoms with Gasteiger partial charge in [-0.05, 0) is 11.8 Å². The van der Waals surface area contributed by atoms with Crippen molar-refractivity contribution in [3.05, 3.63) is 5.82 Å². The van der Waals surface area contributed by atoms with Gasteiger partial charge in [-0.1, -0.05) is 27.7 Å². The molecule has 0 amide bonds. The van der Waals surface area contributed by atoms with Crippen LogP contribution < -0.4 is 5.32 Å². The lowest BCUT2D eigenvalue weighted by Gasteiger charge is -2.24. The van der Waals surface area contributed by atoms with Crippen LogP contribution in [0.4, 0.5) is 5.13 Å². The van der Waals surface area contributed by atoms with E-state index < -0.39 is 0 Å². The van der Waals surface area contributed by atoms with Crippen molar-refractivity contribution in [1.82, 2.24) is 9.36 Å². The van der Waals surface area contributed by atoms with Crippen LogP contribution in [0.3, 0.4) is 0 Å². The Bertz CT molecular complexity index is 336. The topological polar surface area (TPSA) is 47.0 Å². The van der Waals surface area contributed by atoms with E-state index in [0.717, 1.165) is 30.5 Å². The first-order chi connectivity index (χ1) is 7.94. The second-order valence-corrected chi connectivity index (χ2v) is 6.12. The summed E-state index contributed by atoms with van der Waals surface area (Å²) >= 11 is 1.44. The third-order valence-electron chi connectivity index (χ3n) is 2.66. The van der Waals surface area contributed by atoms with E-state index in [9.17, 15) is 0 Å². The SMILES string of the molecule is COCCC(C)(C)CNc1nc(C(C)C)ns1. The van der Waals surface area contributed by atoms with Gasteiger partial charge in [-0.2, -0.15) is 4.37 Å². The molecule has 0 radical (unpaired) electrons. The Morgan fingerprint density at radius 3 is 2.65 bits per heavy atom. The predicted molar refractivity (Wildman–Crippen MR) is 72.8 cm³/mol. The minimum atomic E-state index is 0.208. The Morgan fingerprint density at radius 2 is 2.12 bits per heavy atom. The van der Waals surface area contributed by atoms with Crippen LogP contribution in [-0.2, 0) is 4.74 Å². The average molecular weight is 257 g/mol. The van der Waals surface area contributed by atoms with Gasteiger partial charge >= 0.3 is 0 Å². The Kier molecular flexibility index (Phi) is 5.33. The summed E-state index contributed by atoms with van der Waals surface area (Å²) in [5, 5.41) is 4.27. The first kappa shape index (κ1) is 14.4. The van der Waals surface area contributed by atoms with Crippen LogP contribution in [0.2, 0.25) is 0 Å². The zero-order chi connectivity index (χ0) is 12.9. The van der Waals surface area contributed by atoms with Gasteiger partial charge < -0.3 is 10.1 Å². The van der Waals surface area contributed by atoms with Crippen LogP contribution >= 0.6 is 11.5 Å². The summed E-state index contributed by atoms with van der Waals surface area (Å²) in [6.45, 7) is 10.3. The van der Waals surface area contributed by atoms with Gasteiger partial charge in [0.25, 0.3) is 0 Å². The normalized spacial score (nSPS) is 12.1. The summed E-state index contributed by atoms with van der Waals surface area (Å²) < 4.78 is 9.43. The highest BCUT2D eigenvalue weighted by atomic mass is 32.1. The van der Waals surface area contributed by atoms with Gasteiger partial charge in [-0.25, -0.2) is 4.98 Å². The smallest absolute Gasteiger partial charge is 0.202 e. The molecule has 1 heterocycles. The molecular formula is C12H23N3OS. The Labute approximate surface area is 108 Å². The molecule has 0 unspecified atom stereocenters.